The van der Waals surface area contributed by atoms with E-state index in [4.69, 9.17) is 4.42 Å². The van der Waals surface area contributed by atoms with E-state index in [-0.39, 0.29) is 13.1 Å². The number of benzene rings is 2. The normalized spacial score (nSPS) is 14.2. The van der Waals surface area contributed by atoms with Crippen molar-refractivity contribution >= 4 is 17.8 Å². The molecule has 0 aliphatic carbocycles. The molecule has 1 aliphatic heterocycles. The van der Waals surface area contributed by atoms with Crippen molar-refractivity contribution in [2.24, 2.45) is 0 Å². The Labute approximate surface area is 161 Å². The van der Waals surface area contributed by atoms with Gasteiger partial charge < -0.3 is 4.42 Å². The Bertz CT molecular complexity index is 1040. The summed E-state index contributed by atoms with van der Waals surface area (Å²) < 4.78 is 5.46. The molecule has 1 saturated heterocycles. The van der Waals surface area contributed by atoms with Crippen LogP contribution in [0.3, 0.4) is 0 Å². The van der Waals surface area contributed by atoms with Crippen LogP contribution in [-0.2, 0) is 22.7 Å². The average Bonchev–Trinajstić information content (AvgIpc) is 3.25. The van der Waals surface area contributed by atoms with Crippen molar-refractivity contribution in [1.29, 1.82) is 0 Å². The SMILES string of the molecule is Cc1ccc(-c2nc(CN3C(=O)C(=O)N(Cc4ccccc4)C3=O)co2)cc1. The summed E-state index contributed by atoms with van der Waals surface area (Å²) in [6, 6.07) is 16.0. The third-order valence-electron chi connectivity index (χ3n) is 4.49. The van der Waals surface area contributed by atoms with Crippen LogP contribution in [0.5, 0.6) is 0 Å². The number of carbonyl (C=O) groups is 3. The summed E-state index contributed by atoms with van der Waals surface area (Å²) in [5, 5.41) is 0. The maximum absolute atomic E-state index is 12.6. The van der Waals surface area contributed by atoms with E-state index in [0.29, 0.717) is 11.6 Å². The Morgan fingerprint density at radius 1 is 0.857 bits per heavy atom. The van der Waals surface area contributed by atoms with E-state index in [1.54, 1.807) is 12.1 Å². The molecule has 4 amide bonds. The quantitative estimate of drug-likeness (QED) is 0.505. The minimum Gasteiger partial charge on any atom is -0.444 e. The molecule has 7 heteroatoms. The van der Waals surface area contributed by atoms with Gasteiger partial charge >= 0.3 is 17.8 Å². The molecule has 1 aliphatic rings. The molecule has 28 heavy (non-hydrogen) atoms. The maximum Gasteiger partial charge on any atom is 0.334 e. The van der Waals surface area contributed by atoms with E-state index >= 15 is 0 Å². The molecule has 1 fully saturated rings. The van der Waals surface area contributed by atoms with Crippen LogP contribution in [0.1, 0.15) is 16.8 Å². The molecule has 2 aromatic carbocycles. The molecule has 1 aromatic heterocycles. The lowest BCUT2D eigenvalue weighted by Gasteiger charge is -2.14. The molecule has 0 spiro atoms. The highest BCUT2D eigenvalue weighted by molar-refractivity contribution is 6.44. The fourth-order valence-electron chi connectivity index (χ4n) is 2.97. The lowest BCUT2D eigenvalue weighted by Crippen LogP contribution is -2.32. The summed E-state index contributed by atoms with van der Waals surface area (Å²) in [5.74, 6) is -1.31. The highest BCUT2D eigenvalue weighted by Gasteiger charge is 2.44. The van der Waals surface area contributed by atoms with Gasteiger partial charge in [-0.3, -0.25) is 14.5 Å². The first-order valence-corrected chi connectivity index (χ1v) is 8.75. The van der Waals surface area contributed by atoms with Gasteiger partial charge in [0.1, 0.15) is 6.26 Å². The molecule has 3 aromatic rings. The molecule has 0 bridgehead atoms. The van der Waals surface area contributed by atoms with Gasteiger partial charge in [0.05, 0.1) is 18.8 Å². The summed E-state index contributed by atoms with van der Waals surface area (Å²) in [7, 11) is 0. The number of amides is 4. The summed E-state index contributed by atoms with van der Waals surface area (Å²) in [6.07, 6.45) is 1.39. The van der Waals surface area contributed by atoms with Crippen LogP contribution in [-0.4, -0.2) is 32.6 Å². The van der Waals surface area contributed by atoms with Crippen molar-refractivity contribution in [2.45, 2.75) is 20.0 Å². The predicted octanol–water partition coefficient (Wildman–Crippen LogP) is 3.14. The minimum atomic E-state index is -0.860. The maximum atomic E-state index is 12.6. The molecule has 2 heterocycles. The zero-order valence-electron chi connectivity index (χ0n) is 15.2. The molecule has 0 N–H and O–H groups in total. The number of aryl methyl sites for hydroxylation is 1. The van der Waals surface area contributed by atoms with E-state index in [1.807, 2.05) is 49.4 Å². The number of aromatic nitrogens is 1. The molecule has 7 nitrogen and oxygen atoms in total. The zero-order valence-corrected chi connectivity index (χ0v) is 15.2. The summed E-state index contributed by atoms with van der Waals surface area (Å²) in [5.41, 5.74) is 3.06. The second kappa shape index (κ2) is 7.11. The smallest absolute Gasteiger partial charge is 0.334 e. The Morgan fingerprint density at radius 2 is 1.50 bits per heavy atom. The van der Waals surface area contributed by atoms with Crippen molar-refractivity contribution in [1.82, 2.24) is 14.8 Å². The number of nitrogens with zero attached hydrogens (tertiary/aromatic N) is 3. The second-order valence-electron chi connectivity index (χ2n) is 6.56. The lowest BCUT2D eigenvalue weighted by molar-refractivity contribution is -0.143. The first-order valence-electron chi connectivity index (χ1n) is 8.75. The van der Waals surface area contributed by atoms with Crippen LogP contribution in [0.25, 0.3) is 11.5 Å². The Kier molecular flexibility index (Phi) is 4.49. The first kappa shape index (κ1) is 17.7. The fraction of sp³-hybridized carbons (Fsp3) is 0.143. The van der Waals surface area contributed by atoms with Crippen LogP contribution < -0.4 is 0 Å². The van der Waals surface area contributed by atoms with Crippen molar-refractivity contribution in [2.75, 3.05) is 0 Å². The standard InChI is InChI=1S/C21H17N3O4/c1-14-7-9-16(10-8-14)18-22-17(13-28-18)12-24-20(26)19(25)23(21(24)27)11-15-5-3-2-4-6-15/h2-10,13H,11-12H2,1H3. The number of urea groups is 1. The van der Waals surface area contributed by atoms with Gasteiger partial charge in [-0.1, -0.05) is 48.0 Å². The summed E-state index contributed by atoms with van der Waals surface area (Å²) in [6.45, 7) is 1.91. The molecule has 140 valence electrons. The van der Waals surface area contributed by atoms with E-state index in [0.717, 1.165) is 26.5 Å². The first-order chi connectivity index (χ1) is 13.5. The highest BCUT2D eigenvalue weighted by atomic mass is 16.3. The lowest BCUT2D eigenvalue weighted by atomic mass is 10.1. The number of hydrogen-bond acceptors (Lipinski definition) is 5. The number of imide groups is 2. The second-order valence-corrected chi connectivity index (χ2v) is 6.56. The Balaban J connectivity index is 1.50. The van der Waals surface area contributed by atoms with Crippen LogP contribution in [0.15, 0.2) is 65.3 Å². The predicted molar refractivity (Wildman–Crippen MR) is 99.6 cm³/mol. The van der Waals surface area contributed by atoms with Crippen LogP contribution >= 0.6 is 0 Å². The summed E-state index contributed by atoms with van der Waals surface area (Å²) >= 11 is 0. The third kappa shape index (κ3) is 3.29. The Morgan fingerprint density at radius 3 is 2.18 bits per heavy atom. The molecule has 0 atom stereocenters. The van der Waals surface area contributed by atoms with Crippen molar-refractivity contribution in [3.05, 3.63) is 77.7 Å². The van der Waals surface area contributed by atoms with E-state index in [2.05, 4.69) is 4.98 Å². The average molecular weight is 375 g/mol. The van der Waals surface area contributed by atoms with Crippen molar-refractivity contribution in [3.63, 3.8) is 0 Å². The monoisotopic (exact) mass is 375 g/mol. The van der Waals surface area contributed by atoms with Crippen molar-refractivity contribution in [3.8, 4) is 11.5 Å². The fourth-order valence-corrected chi connectivity index (χ4v) is 2.97. The molecule has 0 saturated carbocycles. The molecular weight excluding hydrogens is 358 g/mol. The van der Waals surface area contributed by atoms with E-state index in [1.165, 1.54) is 6.26 Å². The van der Waals surface area contributed by atoms with Crippen LogP contribution in [0.4, 0.5) is 4.79 Å². The van der Waals surface area contributed by atoms with Crippen LogP contribution in [0, 0.1) is 6.92 Å². The molecule has 4 rings (SSSR count). The van der Waals surface area contributed by atoms with Gasteiger partial charge in [-0.05, 0) is 24.6 Å². The minimum absolute atomic E-state index is 0.0498. The largest absolute Gasteiger partial charge is 0.444 e. The highest BCUT2D eigenvalue weighted by Crippen LogP contribution is 2.22. The van der Waals surface area contributed by atoms with E-state index < -0.39 is 17.8 Å². The Hall–Kier alpha value is -3.74. The molecule has 0 unspecified atom stereocenters. The van der Waals surface area contributed by atoms with E-state index in [9.17, 15) is 14.4 Å². The van der Waals surface area contributed by atoms with Gasteiger partial charge in [0.25, 0.3) is 0 Å². The number of hydrogen-bond donors (Lipinski definition) is 0. The topological polar surface area (TPSA) is 83.7 Å². The zero-order chi connectivity index (χ0) is 19.7. The van der Waals surface area contributed by atoms with Gasteiger partial charge in [-0.25, -0.2) is 14.7 Å². The van der Waals surface area contributed by atoms with Gasteiger partial charge in [-0.15, -0.1) is 0 Å². The molecule has 0 radical (unpaired) electrons. The van der Waals surface area contributed by atoms with Crippen molar-refractivity contribution < 1.29 is 18.8 Å². The van der Waals surface area contributed by atoms with Crippen LogP contribution in [0.2, 0.25) is 0 Å². The number of rotatable bonds is 5. The van der Waals surface area contributed by atoms with Gasteiger partial charge in [-0.2, -0.15) is 0 Å². The number of oxazole rings is 1. The number of carbonyl (C=O) groups excluding carboxylic acids is 3. The van der Waals surface area contributed by atoms with Gasteiger partial charge in [0.2, 0.25) is 5.89 Å². The third-order valence-corrected chi connectivity index (χ3v) is 4.49. The summed E-state index contributed by atoms with van der Waals surface area (Å²) in [4.78, 5) is 43.3. The van der Waals surface area contributed by atoms with Gasteiger partial charge in [0.15, 0.2) is 0 Å². The van der Waals surface area contributed by atoms with Gasteiger partial charge in [0, 0.05) is 5.56 Å². The molecular formula is C21H17N3O4.